The highest BCUT2D eigenvalue weighted by molar-refractivity contribution is 5.83. The number of carbonyl (C=O) groups is 1. The largest absolute Gasteiger partial charge is 0.454 e. The third kappa shape index (κ3) is 2.94. The molecule has 0 aliphatic carbocycles. The molecule has 0 N–H and O–H groups in total. The lowest BCUT2D eigenvalue weighted by molar-refractivity contribution is 0.0424. The quantitative estimate of drug-likeness (QED) is 0.775. The molecule has 0 fully saturated rings. The van der Waals surface area contributed by atoms with Crippen LogP contribution in [0.5, 0.6) is 0 Å². The first kappa shape index (κ1) is 12.3. The van der Waals surface area contributed by atoms with Crippen molar-refractivity contribution >= 4 is 5.97 Å². The second-order valence-corrected chi connectivity index (χ2v) is 4.16. The van der Waals surface area contributed by atoms with Crippen LogP contribution >= 0.6 is 0 Å². The number of ether oxygens (including phenoxy) is 1. The molecule has 94 valence electrons. The summed E-state index contributed by atoms with van der Waals surface area (Å²) >= 11 is 0. The van der Waals surface area contributed by atoms with Crippen LogP contribution in [0.1, 0.15) is 41.9 Å². The number of aromatic nitrogens is 2. The predicted molar refractivity (Wildman–Crippen MR) is 63.9 cm³/mol. The van der Waals surface area contributed by atoms with Crippen LogP contribution in [0, 0.1) is 0 Å². The minimum atomic E-state index is -0.599. The van der Waals surface area contributed by atoms with Crippen molar-refractivity contribution in [3.63, 3.8) is 0 Å². The molecule has 0 bridgehead atoms. The maximum absolute atomic E-state index is 11.6. The van der Waals surface area contributed by atoms with Gasteiger partial charge in [-0.05, 0) is 5.56 Å². The summed E-state index contributed by atoms with van der Waals surface area (Å²) in [6.45, 7) is 4.01. The van der Waals surface area contributed by atoms with Crippen molar-refractivity contribution in [1.82, 2.24) is 10.2 Å². The number of hydrogen-bond donors (Lipinski definition) is 0. The average Bonchev–Trinajstić information content (AvgIpc) is 2.87. The van der Waals surface area contributed by atoms with Gasteiger partial charge in [-0.15, -0.1) is 10.2 Å². The molecule has 18 heavy (non-hydrogen) atoms. The van der Waals surface area contributed by atoms with E-state index >= 15 is 0 Å². The summed E-state index contributed by atoms with van der Waals surface area (Å²) in [5.41, 5.74) is 0.912. The van der Waals surface area contributed by atoms with Crippen molar-refractivity contribution in [2.75, 3.05) is 0 Å². The van der Waals surface area contributed by atoms with Crippen molar-refractivity contribution in [2.45, 2.75) is 26.4 Å². The van der Waals surface area contributed by atoms with Gasteiger partial charge in [0.1, 0.15) is 6.61 Å². The van der Waals surface area contributed by atoms with E-state index in [4.69, 9.17) is 9.15 Å². The Kier molecular flexibility index (Phi) is 3.72. The summed E-state index contributed by atoms with van der Waals surface area (Å²) in [7, 11) is 0. The molecule has 5 nitrogen and oxygen atoms in total. The highest BCUT2D eigenvalue weighted by Crippen LogP contribution is 2.13. The first-order valence-corrected chi connectivity index (χ1v) is 5.71. The fourth-order valence-corrected chi connectivity index (χ4v) is 1.34. The van der Waals surface area contributed by atoms with E-state index in [0.717, 1.165) is 5.56 Å². The number of rotatable bonds is 4. The molecule has 0 aliphatic rings. The minimum absolute atomic E-state index is 0.0909. The van der Waals surface area contributed by atoms with E-state index in [1.54, 1.807) is 0 Å². The molecule has 1 aromatic carbocycles. The maximum atomic E-state index is 11.6. The molecule has 2 aromatic rings. The molecule has 0 atom stereocenters. The third-order valence-electron chi connectivity index (χ3n) is 2.32. The molecule has 1 heterocycles. The van der Waals surface area contributed by atoms with E-state index in [1.807, 2.05) is 44.2 Å². The van der Waals surface area contributed by atoms with Gasteiger partial charge in [-0.3, -0.25) is 0 Å². The Balaban J connectivity index is 1.95. The summed E-state index contributed by atoms with van der Waals surface area (Å²) in [5, 5.41) is 7.43. The second-order valence-electron chi connectivity index (χ2n) is 4.16. The molecular weight excluding hydrogens is 232 g/mol. The van der Waals surface area contributed by atoms with Crippen LogP contribution in [-0.4, -0.2) is 16.2 Å². The van der Waals surface area contributed by atoms with Gasteiger partial charge in [0.25, 0.3) is 0 Å². The molecular formula is C13H14N2O3. The van der Waals surface area contributed by atoms with Crippen LogP contribution in [0.3, 0.4) is 0 Å². The zero-order chi connectivity index (χ0) is 13.0. The molecule has 5 heteroatoms. The molecule has 0 unspecified atom stereocenters. The third-order valence-corrected chi connectivity index (χ3v) is 2.32. The Morgan fingerprint density at radius 2 is 2.00 bits per heavy atom. The molecule has 1 aromatic heterocycles. The van der Waals surface area contributed by atoms with Crippen molar-refractivity contribution in [1.29, 1.82) is 0 Å². The first-order chi connectivity index (χ1) is 8.66. The van der Waals surface area contributed by atoms with Gasteiger partial charge in [0, 0.05) is 5.92 Å². The smallest absolute Gasteiger partial charge is 0.396 e. The Bertz CT molecular complexity index is 520. The van der Waals surface area contributed by atoms with Crippen LogP contribution in [0.4, 0.5) is 0 Å². The van der Waals surface area contributed by atoms with Crippen molar-refractivity contribution < 1.29 is 13.9 Å². The van der Waals surface area contributed by atoms with Gasteiger partial charge in [0.2, 0.25) is 5.89 Å². The predicted octanol–water partition coefficient (Wildman–Crippen LogP) is 2.55. The van der Waals surface area contributed by atoms with E-state index in [-0.39, 0.29) is 18.4 Å². The number of benzene rings is 1. The molecule has 0 radical (unpaired) electrons. The van der Waals surface area contributed by atoms with Gasteiger partial charge in [-0.25, -0.2) is 4.79 Å². The molecule has 0 amide bonds. The molecule has 2 rings (SSSR count). The Hall–Kier alpha value is -2.17. The van der Waals surface area contributed by atoms with Crippen LogP contribution in [0.2, 0.25) is 0 Å². The second kappa shape index (κ2) is 5.44. The summed E-state index contributed by atoms with van der Waals surface area (Å²) < 4.78 is 10.3. The maximum Gasteiger partial charge on any atom is 0.396 e. The van der Waals surface area contributed by atoms with Gasteiger partial charge < -0.3 is 9.15 Å². The van der Waals surface area contributed by atoms with Crippen LogP contribution in [0.15, 0.2) is 34.7 Å². The van der Waals surface area contributed by atoms with Gasteiger partial charge in [-0.2, -0.15) is 0 Å². The average molecular weight is 246 g/mol. The Morgan fingerprint density at radius 3 is 2.61 bits per heavy atom. The van der Waals surface area contributed by atoms with Gasteiger partial charge >= 0.3 is 11.9 Å². The lowest BCUT2D eigenvalue weighted by Gasteiger charge is -2.01. The van der Waals surface area contributed by atoms with Crippen LogP contribution < -0.4 is 0 Å². The topological polar surface area (TPSA) is 65.2 Å². The summed E-state index contributed by atoms with van der Waals surface area (Å²) in [5.74, 6) is -0.178. The van der Waals surface area contributed by atoms with E-state index in [2.05, 4.69) is 10.2 Å². The number of carbonyl (C=O) groups excluding carboxylic acids is 1. The molecule has 0 saturated heterocycles. The highest BCUT2D eigenvalue weighted by Gasteiger charge is 2.17. The van der Waals surface area contributed by atoms with Crippen LogP contribution in [-0.2, 0) is 11.3 Å². The highest BCUT2D eigenvalue weighted by atomic mass is 16.5. The Morgan fingerprint density at radius 1 is 1.28 bits per heavy atom. The first-order valence-electron chi connectivity index (χ1n) is 5.71. The molecule has 0 saturated carbocycles. The van der Waals surface area contributed by atoms with Crippen LogP contribution in [0.25, 0.3) is 0 Å². The van der Waals surface area contributed by atoms with Crippen molar-refractivity contribution in [3.05, 3.63) is 47.7 Å². The lowest BCUT2D eigenvalue weighted by atomic mass is 10.2. The van der Waals surface area contributed by atoms with E-state index in [0.29, 0.717) is 5.89 Å². The molecule has 0 aliphatic heterocycles. The number of esters is 1. The zero-order valence-corrected chi connectivity index (χ0v) is 10.3. The Labute approximate surface area is 105 Å². The number of nitrogens with zero attached hydrogens (tertiary/aromatic N) is 2. The fraction of sp³-hybridized carbons (Fsp3) is 0.308. The van der Waals surface area contributed by atoms with E-state index in [9.17, 15) is 4.79 Å². The summed E-state index contributed by atoms with van der Waals surface area (Å²) in [4.78, 5) is 11.6. The van der Waals surface area contributed by atoms with Gasteiger partial charge in [0.15, 0.2) is 0 Å². The monoisotopic (exact) mass is 246 g/mol. The van der Waals surface area contributed by atoms with E-state index in [1.165, 1.54) is 0 Å². The normalized spacial score (nSPS) is 10.6. The lowest BCUT2D eigenvalue weighted by Crippen LogP contribution is -2.05. The SMILES string of the molecule is CC(C)c1nnc(C(=O)OCc2ccccc2)o1. The zero-order valence-electron chi connectivity index (χ0n) is 10.3. The fourth-order valence-electron chi connectivity index (χ4n) is 1.34. The summed E-state index contributed by atoms with van der Waals surface area (Å²) in [6, 6.07) is 9.42. The van der Waals surface area contributed by atoms with Crippen molar-refractivity contribution in [3.8, 4) is 0 Å². The number of hydrogen-bond acceptors (Lipinski definition) is 5. The van der Waals surface area contributed by atoms with E-state index < -0.39 is 5.97 Å². The van der Waals surface area contributed by atoms with Gasteiger partial charge in [-0.1, -0.05) is 44.2 Å². The standard InChI is InChI=1S/C13H14N2O3/c1-9(2)11-14-15-12(18-11)13(16)17-8-10-6-4-3-5-7-10/h3-7,9H,8H2,1-2H3. The minimum Gasteiger partial charge on any atom is -0.454 e. The van der Waals surface area contributed by atoms with Crippen molar-refractivity contribution in [2.24, 2.45) is 0 Å². The molecule has 0 spiro atoms. The van der Waals surface area contributed by atoms with Gasteiger partial charge in [0.05, 0.1) is 0 Å². The summed E-state index contributed by atoms with van der Waals surface area (Å²) in [6.07, 6.45) is 0.